The Balaban J connectivity index is 1.51. The summed E-state index contributed by atoms with van der Waals surface area (Å²) in [6.07, 6.45) is 4.01. The molecular weight excluding hydrogens is 474 g/mol. The van der Waals surface area contributed by atoms with Crippen molar-refractivity contribution in [1.29, 1.82) is 0 Å². The molecule has 3 atom stereocenters. The Hall–Kier alpha value is -3.14. The summed E-state index contributed by atoms with van der Waals surface area (Å²) in [5, 5.41) is 5.96. The molecule has 1 aromatic carbocycles. The predicted octanol–water partition coefficient (Wildman–Crippen LogP) is 2.03. The molecule has 11 heteroatoms. The van der Waals surface area contributed by atoms with E-state index in [1.807, 2.05) is 0 Å². The van der Waals surface area contributed by atoms with Gasteiger partial charge >= 0.3 is 5.97 Å². The van der Waals surface area contributed by atoms with E-state index in [0.29, 0.717) is 41.4 Å². The minimum absolute atomic E-state index is 0.0765. The highest BCUT2D eigenvalue weighted by atomic mass is 35.5. The van der Waals surface area contributed by atoms with Gasteiger partial charge in [-0.1, -0.05) is 30.5 Å². The van der Waals surface area contributed by atoms with Crippen LogP contribution in [0, 0.1) is 11.8 Å². The summed E-state index contributed by atoms with van der Waals surface area (Å²) in [6.45, 7) is 0.605. The maximum absolute atomic E-state index is 13.4. The molecule has 1 aliphatic carbocycles. The molecule has 2 fully saturated rings. The summed E-state index contributed by atoms with van der Waals surface area (Å²) >= 11 is 6.19. The summed E-state index contributed by atoms with van der Waals surface area (Å²) in [4.78, 5) is 60.0. The number of piperidine rings is 1. The number of H-pyrrole nitrogens is 1. The number of imidazole rings is 1. The van der Waals surface area contributed by atoms with Crippen LogP contribution in [0.25, 0.3) is 11.0 Å². The van der Waals surface area contributed by atoms with Gasteiger partial charge in [0.05, 0.1) is 17.6 Å². The Bertz CT molecular complexity index is 1130. The van der Waals surface area contributed by atoms with Crippen molar-refractivity contribution in [3.05, 3.63) is 29.0 Å². The van der Waals surface area contributed by atoms with Gasteiger partial charge < -0.3 is 25.3 Å². The first-order valence-corrected chi connectivity index (χ1v) is 12.2. The van der Waals surface area contributed by atoms with E-state index in [-0.39, 0.29) is 18.2 Å². The number of rotatable bonds is 9. The van der Waals surface area contributed by atoms with Gasteiger partial charge in [0.25, 0.3) is 5.91 Å². The van der Waals surface area contributed by atoms with E-state index in [9.17, 15) is 19.2 Å². The standard InChI is InChI=1S/C24H30ClN5O5/c1-30(23(33)20-27-16-7-3-6-15(25)19(16)29-20)18(11-13-8-9-13)22(32)28-17(24(34)35-2)12-14-5-4-10-26-21(14)31/h3,6-7,13-14,17-18H,4-5,8-12H2,1-2H3,(H,26,31)(H,27,29)(H,28,32). The van der Waals surface area contributed by atoms with Crippen molar-refractivity contribution >= 4 is 46.3 Å². The molecule has 4 rings (SSSR count). The number of methoxy groups -OCH3 is 1. The molecule has 0 spiro atoms. The Morgan fingerprint density at radius 2 is 2.03 bits per heavy atom. The van der Waals surface area contributed by atoms with E-state index in [1.165, 1.54) is 12.0 Å². The van der Waals surface area contributed by atoms with E-state index < -0.39 is 35.8 Å². The fourth-order valence-corrected chi connectivity index (χ4v) is 4.70. The number of nitrogens with zero attached hydrogens (tertiary/aromatic N) is 2. The van der Waals surface area contributed by atoms with E-state index in [0.717, 1.165) is 19.3 Å². The fraction of sp³-hybridized carbons (Fsp3) is 0.542. The Morgan fingerprint density at radius 1 is 1.26 bits per heavy atom. The lowest BCUT2D eigenvalue weighted by Gasteiger charge is -2.30. The molecule has 0 radical (unpaired) electrons. The summed E-state index contributed by atoms with van der Waals surface area (Å²) in [7, 11) is 2.79. The van der Waals surface area contributed by atoms with E-state index >= 15 is 0 Å². The van der Waals surface area contributed by atoms with Crippen LogP contribution in [0.4, 0.5) is 0 Å². The van der Waals surface area contributed by atoms with Crippen LogP contribution in [0.3, 0.4) is 0 Å². The first-order chi connectivity index (χ1) is 16.8. The summed E-state index contributed by atoms with van der Waals surface area (Å²) < 4.78 is 4.89. The number of likely N-dealkylation sites (N-methyl/N-ethyl adjacent to an activating group) is 1. The number of aromatic nitrogens is 2. The molecule has 3 unspecified atom stereocenters. The predicted molar refractivity (Wildman–Crippen MR) is 129 cm³/mol. The highest BCUT2D eigenvalue weighted by Gasteiger charge is 2.38. The third-order valence-corrected chi connectivity index (χ3v) is 7.04. The van der Waals surface area contributed by atoms with Crippen LogP contribution in [-0.2, 0) is 19.1 Å². The number of ether oxygens (including phenoxy) is 1. The smallest absolute Gasteiger partial charge is 0.328 e. The number of fused-ring (bicyclic) bond motifs is 1. The van der Waals surface area contributed by atoms with Gasteiger partial charge in [0.2, 0.25) is 11.8 Å². The van der Waals surface area contributed by atoms with Gasteiger partial charge in [0.15, 0.2) is 5.82 Å². The summed E-state index contributed by atoms with van der Waals surface area (Å²) in [5.74, 6) is -1.67. The number of aromatic amines is 1. The summed E-state index contributed by atoms with van der Waals surface area (Å²) in [5.41, 5.74) is 1.10. The Kier molecular flexibility index (Phi) is 7.59. The van der Waals surface area contributed by atoms with E-state index in [2.05, 4.69) is 20.6 Å². The molecule has 35 heavy (non-hydrogen) atoms. The average molecular weight is 504 g/mol. The number of carbonyl (C=O) groups is 4. The molecule has 1 aliphatic heterocycles. The monoisotopic (exact) mass is 503 g/mol. The average Bonchev–Trinajstić information content (AvgIpc) is 3.57. The molecule has 2 aromatic rings. The second-order valence-electron chi connectivity index (χ2n) is 9.28. The van der Waals surface area contributed by atoms with Gasteiger partial charge in [0.1, 0.15) is 17.6 Å². The maximum Gasteiger partial charge on any atom is 0.328 e. The van der Waals surface area contributed by atoms with Crippen molar-refractivity contribution in [2.24, 2.45) is 11.8 Å². The molecule has 188 valence electrons. The molecule has 10 nitrogen and oxygen atoms in total. The molecule has 2 aliphatic rings. The number of nitrogens with one attached hydrogen (secondary N) is 3. The number of carbonyl (C=O) groups excluding carboxylic acids is 4. The van der Waals surface area contributed by atoms with Gasteiger partial charge in [0, 0.05) is 19.5 Å². The number of para-hydroxylation sites is 1. The first kappa shape index (κ1) is 25.0. The van der Waals surface area contributed by atoms with Crippen molar-refractivity contribution in [3.8, 4) is 0 Å². The second-order valence-corrected chi connectivity index (χ2v) is 9.69. The zero-order chi connectivity index (χ0) is 25.1. The van der Waals surface area contributed by atoms with Gasteiger partial charge in [-0.15, -0.1) is 0 Å². The zero-order valence-corrected chi connectivity index (χ0v) is 20.6. The van der Waals surface area contributed by atoms with Gasteiger partial charge in [-0.25, -0.2) is 9.78 Å². The topological polar surface area (TPSA) is 133 Å². The van der Waals surface area contributed by atoms with Crippen molar-refractivity contribution in [2.45, 2.75) is 50.6 Å². The number of amides is 3. The molecule has 1 saturated heterocycles. The van der Waals surface area contributed by atoms with Crippen LogP contribution in [0.1, 0.15) is 49.1 Å². The zero-order valence-electron chi connectivity index (χ0n) is 19.8. The fourth-order valence-electron chi connectivity index (χ4n) is 4.49. The van der Waals surface area contributed by atoms with E-state index in [1.54, 1.807) is 25.2 Å². The highest BCUT2D eigenvalue weighted by molar-refractivity contribution is 6.35. The number of halogens is 1. The van der Waals surface area contributed by atoms with Crippen molar-refractivity contribution in [1.82, 2.24) is 25.5 Å². The van der Waals surface area contributed by atoms with Crippen molar-refractivity contribution < 1.29 is 23.9 Å². The molecular formula is C24H30ClN5O5. The van der Waals surface area contributed by atoms with Crippen LogP contribution in [0.5, 0.6) is 0 Å². The lowest BCUT2D eigenvalue weighted by molar-refractivity contribution is -0.146. The quantitative estimate of drug-likeness (QED) is 0.448. The van der Waals surface area contributed by atoms with Gasteiger partial charge in [-0.05, 0) is 43.7 Å². The SMILES string of the molecule is COC(=O)C(CC1CCCNC1=O)NC(=O)C(CC1CC1)N(C)C(=O)c1nc2c(Cl)cccc2[nH]1. The Morgan fingerprint density at radius 3 is 2.69 bits per heavy atom. The number of hydrogen-bond acceptors (Lipinski definition) is 6. The normalized spacial score (nSPS) is 19.5. The minimum atomic E-state index is -0.989. The van der Waals surface area contributed by atoms with Crippen molar-refractivity contribution in [2.75, 3.05) is 20.7 Å². The molecule has 1 aromatic heterocycles. The van der Waals surface area contributed by atoms with Crippen LogP contribution < -0.4 is 10.6 Å². The van der Waals surface area contributed by atoms with E-state index in [4.69, 9.17) is 16.3 Å². The molecule has 0 bridgehead atoms. The highest BCUT2D eigenvalue weighted by Crippen LogP contribution is 2.35. The van der Waals surface area contributed by atoms with Crippen molar-refractivity contribution in [3.63, 3.8) is 0 Å². The third-order valence-electron chi connectivity index (χ3n) is 6.73. The van der Waals surface area contributed by atoms with Crippen LogP contribution in [0.15, 0.2) is 18.2 Å². The molecule has 2 heterocycles. The number of esters is 1. The number of hydrogen-bond donors (Lipinski definition) is 3. The molecule has 3 amide bonds. The first-order valence-electron chi connectivity index (χ1n) is 11.9. The van der Waals surface area contributed by atoms with Crippen LogP contribution in [-0.4, -0.2) is 71.3 Å². The lowest BCUT2D eigenvalue weighted by Crippen LogP contribution is -2.53. The summed E-state index contributed by atoms with van der Waals surface area (Å²) in [6, 6.07) is 3.40. The second kappa shape index (κ2) is 10.6. The lowest BCUT2D eigenvalue weighted by atomic mass is 9.91. The maximum atomic E-state index is 13.4. The van der Waals surface area contributed by atoms with Crippen LogP contribution >= 0.6 is 11.6 Å². The van der Waals surface area contributed by atoms with Gasteiger partial charge in [-0.3, -0.25) is 14.4 Å². The largest absolute Gasteiger partial charge is 0.467 e. The third kappa shape index (κ3) is 5.75. The molecule has 1 saturated carbocycles. The Labute approximate surface area is 208 Å². The van der Waals surface area contributed by atoms with Crippen LogP contribution in [0.2, 0.25) is 5.02 Å². The molecule has 3 N–H and O–H groups in total. The minimum Gasteiger partial charge on any atom is -0.467 e. The van der Waals surface area contributed by atoms with Gasteiger partial charge in [-0.2, -0.15) is 0 Å². The number of benzene rings is 1.